The van der Waals surface area contributed by atoms with E-state index in [2.05, 4.69) is 10.4 Å². The molecule has 2 aromatic rings. The molecule has 0 aliphatic carbocycles. The van der Waals surface area contributed by atoms with Crippen molar-refractivity contribution in [3.05, 3.63) is 47.8 Å². The third-order valence-electron chi connectivity index (χ3n) is 4.61. The van der Waals surface area contributed by atoms with Gasteiger partial charge in [-0.05, 0) is 37.1 Å². The monoisotopic (exact) mass is 390 g/mol. The first-order valence-corrected chi connectivity index (χ1v) is 10.5. The van der Waals surface area contributed by atoms with Gasteiger partial charge in [0.05, 0.1) is 16.7 Å². The zero-order valence-electron chi connectivity index (χ0n) is 15.3. The van der Waals surface area contributed by atoms with Gasteiger partial charge in [0, 0.05) is 44.2 Å². The Morgan fingerprint density at radius 1 is 1.11 bits per heavy atom. The highest BCUT2D eigenvalue weighted by molar-refractivity contribution is 7.90. The summed E-state index contributed by atoms with van der Waals surface area (Å²) in [5.74, 6) is -0.295. The van der Waals surface area contributed by atoms with Crippen LogP contribution < -0.4 is 5.32 Å². The molecule has 1 aromatic carbocycles. The van der Waals surface area contributed by atoms with Crippen LogP contribution in [0.3, 0.4) is 0 Å². The van der Waals surface area contributed by atoms with E-state index in [0.717, 1.165) is 6.26 Å². The lowest BCUT2D eigenvalue weighted by molar-refractivity contribution is 0.0698. The van der Waals surface area contributed by atoms with E-state index in [9.17, 15) is 18.0 Å². The fraction of sp³-hybridized carbons (Fsp3) is 0.389. The summed E-state index contributed by atoms with van der Waals surface area (Å²) in [5, 5.41) is 6.96. The highest BCUT2D eigenvalue weighted by Gasteiger charge is 2.25. The van der Waals surface area contributed by atoms with Gasteiger partial charge in [0.2, 0.25) is 0 Å². The molecule has 8 nitrogen and oxygen atoms in total. The van der Waals surface area contributed by atoms with Gasteiger partial charge < -0.3 is 10.2 Å². The van der Waals surface area contributed by atoms with Crippen molar-refractivity contribution in [2.45, 2.75) is 23.8 Å². The Hall–Kier alpha value is -2.68. The Bertz CT molecular complexity index is 942. The van der Waals surface area contributed by atoms with Gasteiger partial charge in [-0.3, -0.25) is 14.3 Å². The van der Waals surface area contributed by atoms with Crippen molar-refractivity contribution >= 4 is 21.7 Å². The Morgan fingerprint density at radius 2 is 1.74 bits per heavy atom. The van der Waals surface area contributed by atoms with E-state index in [0.29, 0.717) is 37.1 Å². The van der Waals surface area contributed by atoms with E-state index in [1.807, 2.05) is 0 Å². The molecule has 0 unspecified atom stereocenters. The minimum Gasteiger partial charge on any atom is -0.349 e. The van der Waals surface area contributed by atoms with E-state index >= 15 is 0 Å². The van der Waals surface area contributed by atoms with Gasteiger partial charge in [-0.1, -0.05) is 0 Å². The summed E-state index contributed by atoms with van der Waals surface area (Å²) in [4.78, 5) is 26.7. The fourth-order valence-corrected chi connectivity index (χ4v) is 3.69. The number of hydrogen-bond donors (Lipinski definition) is 1. The minimum absolute atomic E-state index is 0.00867. The molecular weight excluding hydrogens is 368 g/mol. The first-order valence-electron chi connectivity index (χ1n) is 8.63. The second-order valence-corrected chi connectivity index (χ2v) is 8.75. The van der Waals surface area contributed by atoms with Gasteiger partial charge in [-0.25, -0.2) is 8.42 Å². The Kier molecular flexibility index (Phi) is 5.31. The molecular formula is C18H22N4O4S. The number of amides is 2. The molecule has 1 aliphatic heterocycles. The SMILES string of the molecule is Cn1cc(C(=O)NC2CCN(C(=O)c3ccc(S(C)(=O)=O)cc3)CC2)cn1. The first-order chi connectivity index (χ1) is 12.7. The molecule has 0 spiro atoms. The number of piperidine rings is 1. The summed E-state index contributed by atoms with van der Waals surface area (Å²) in [6.45, 7) is 1.06. The predicted octanol–water partition coefficient (Wildman–Crippen LogP) is 0.858. The average molecular weight is 390 g/mol. The molecule has 0 radical (unpaired) electrons. The molecule has 2 amide bonds. The third kappa shape index (κ3) is 4.54. The molecule has 0 bridgehead atoms. The van der Waals surface area contributed by atoms with Crippen molar-refractivity contribution in [1.82, 2.24) is 20.0 Å². The molecule has 0 saturated carbocycles. The number of carbonyl (C=O) groups is 2. The summed E-state index contributed by atoms with van der Waals surface area (Å²) in [7, 11) is -1.53. The zero-order valence-corrected chi connectivity index (χ0v) is 16.1. The maximum Gasteiger partial charge on any atom is 0.254 e. The highest BCUT2D eigenvalue weighted by Crippen LogP contribution is 2.16. The summed E-state index contributed by atoms with van der Waals surface area (Å²) < 4.78 is 24.6. The minimum atomic E-state index is -3.28. The number of hydrogen-bond acceptors (Lipinski definition) is 5. The van der Waals surface area contributed by atoms with E-state index in [4.69, 9.17) is 0 Å². The van der Waals surface area contributed by atoms with Crippen LogP contribution in [0.15, 0.2) is 41.6 Å². The topological polar surface area (TPSA) is 101 Å². The second kappa shape index (κ2) is 7.51. The summed E-state index contributed by atoms with van der Waals surface area (Å²) >= 11 is 0. The van der Waals surface area contributed by atoms with Gasteiger partial charge in [0.15, 0.2) is 9.84 Å². The maximum absolute atomic E-state index is 12.6. The molecule has 27 heavy (non-hydrogen) atoms. The van der Waals surface area contributed by atoms with Crippen LogP contribution in [0.25, 0.3) is 0 Å². The summed E-state index contributed by atoms with van der Waals surface area (Å²) in [5.41, 5.74) is 0.974. The largest absolute Gasteiger partial charge is 0.349 e. The molecule has 1 saturated heterocycles. The van der Waals surface area contributed by atoms with Crippen LogP contribution in [-0.2, 0) is 16.9 Å². The van der Waals surface area contributed by atoms with E-state index in [1.54, 1.807) is 22.8 Å². The lowest BCUT2D eigenvalue weighted by Gasteiger charge is -2.32. The van der Waals surface area contributed by atoms with Crippen LogP contribution in [0.4, 0.5) is 0 Å². The lowest BCUT2D eigenvalue weighted by atomic mass is 10.0. The van der Waals surface area contributed by atoms with Gasteiger partial charge in [0.1, 0.15) is 0 Å². The smallest absolute Gasteiger partial charge is 0.254 e. The number of nitrogens with one attached hydrogen (secondary N) is 1. The summed E-state index contributed by atoms with van der Waals surface area (Å²) in [6, 6.07) is 5.98. The molecule has 3 rings (SSSR count). The lowest BCUT2D eigenvalue weighted by Crippen LogP contribution is -2.46. The van der Waals surface area contributed by atoms with Crippen LogP contribution in [0.1, 0.15) is 33.6 Å². The Balaban J connectivity index is 1.55. The number of nitrogens with zero attached hydrogens (tertiary/aromatic N) is 3. The Morgan fingerprint density at radius 3 is 2.26 bits per heavy atom. The molecule has 1 aromatic heterocycles. The van der Waals surface area contributed by atoms with E-state index in [1.165, 1.54) is 30.5 Å². The maximum atomic E-state index is 12.6. The number of aryl methyl sites for hydroxylation is 1. The molecule has 2 heterocycles. The first kappa shape index (κ1) is 19.1. The van der Waals surface area contributed by atoms with Crippen LogP contribution in [-0.4, -0.2) is 60.3 Å². The quantitative estimate of drug-likeness (QED) is 0.834. The van der Waals surface area contributed by atoms with E-state index < -0.39 is 9.84 Å². The van der Waals surface area contributed by atoms with Gasteiger partial charge in [-0.2, -0.15) is 5.10 Å². The van der Waals surface area contributed by atoms with Crippen LogP contribution in [0, 0.1) is 0 Å². The normalized spacial score (nSPS) is 15.6. The number of carbonyl (C=O) groups excluding carboxylic acids is 2. The van der Waals surface area contributed by atoms with Crippen LogP contribution in [0.2, 0.25) is 0 Å². The zero-order chi connectivity index (χ0) is 19.6. The standard InChI is InChI=1S/C18H22N4O4S/c1-21-12-14(11-19-21)17(23)20-15-7-9-22(10-8-15)18(24)13-3-5-16(6-4-13)27(2,25)26/h3-6,11-12,15H,7-10H2,1-2H3,(H,20,23). The molecule has 1 aliphatic rings. The van der Waals surface area contributed by atoms with Gasteiger partial charge >= 0.3 is 0 Å². The highest BCUT2D eigenvalue weighted by atomic mass is 32.2. The number of sulfone groups is 1. The van der Waals surface area contributed by atoms with Gasteiger partial charge in [-0.15, -0.1) is 0 Å². The van der Waals surface area contributed by atoms with E-state index in [-0.39, 0.29) is 22.8 Å². The molecule has 144 valence electrons. The van der Waals surface area contributed by atoms with Crippen LogP contribution >= 0.6 is 0 Å². The van der Waals surface area contributed by atoms with Crippen molar-refractivity contribution in [3.8, 4) is 0 Å². The van der Waals surface area contributed by atoms with Gasteiger partial charge in [0.25, 0.3) is 11.8 Å². The van der Waals surface area contributed by atoms with Crippen LogP contribution in [0.5, 0.6) is 0 Å². The second-order valence-electron chi connectivity index (χ2n) is 6.74. The number of benzene rings is 1. The number of rotatable bonds is 4. The van der Waals surface area contributed by atoms with Crippen molar-refractivity contribution in [2.75, 3.05) is 19.3 Å². The molecule has 1 fully saturated rings. The summed E-state index contributed by atoms with van der Waals surface area (Å²) in [6.07, 6.45) is 5.65. The van der Waals surface area contributed by atoms with Crippen molar-refractivity contribution in [2.24, 2.45) is 7.05 Å². The Labute approximate surface area is 158 Å². The average Bonchev–Trinajstić information content (AvgIpc) is 3.08. The fourth-order valence-electron chi connectivity index (χ4n) is 3.06. The predicted molar refractivity (Wildman–Crippen MR) is 99.2 cm³/mol. The number of likely N-dealkylation sites (tertiary alicyclic amines) is 1. The number of aromatic nitrogens is 2. The van der Waals surface area contributed by atoms with Crippen molar-refractivity contribution in [1.29, 1.82) is 0 Å². The van der Waals surface area contributed by atoms with Crippen molar-refractivity contribution < 1.29 is 18.0 Å². The third-order valence-corrected chi connectivity index (χ3v) is 5.74. The van der Waals surface area contributed by atoms with Crippen molar-refractivity contribution in [3.63, 3.8) is 0 Å². The molecule has 1 N–H and O–H groups in total. The molecule has 0 atom stereocenters. The molecule has 9 heteroatoms.